The van der Waals surface area contributed by atoms with Crippen LogP contribution in [0.3, 0.4) is 0 Å². The van der Waals surface area contributed by atoms with Crippen molar-refractivity contribution in [3.05, 3.63) is 52.6 Å². The fourth-order valence-electron chi connectivity index (χ4n) is 3.63. The molecule has 3 rings (SSSR count). The lowest BCUT2D eigenvalue weighted by atomic mass is 9.82. The average molecular weight is 324 g/mol. The Bertz CT molecular complexity index is 744. The number of aliphatic hydroxyl groups is 1. The second-order valence-electron chi connectivity index (χ2n) is 7.60. The van der Waals surface area contributed by atoms with Gasteiger partial charge in [-0.2, -0.15) is 0 Å². The van der Waals surface area contributed by atoms with Crippen molar-refractivity contribution in [1.82, 2.24) is 0 Å². The quantitative estimate of drug-likeness (QED) is 0.874. The number of benzene rings is 2. The third-order valence-corrected chi connectivity index (χ3v) is 5.36. The van der Waals surface area contributed by atoms with E-state index in [0.717, 1.165) is 16.9 Å². The summed E-state index contributed by atoms with van der Waals surface area (Å²) >= 11 is 0. The van der Waals surface area contributed by atoms with Crippen molar-refractivity contribution >= 4 is 0 Å². The summed E-state index contributed by atoms with van der Waals surface area (Å²) in [5.41, 5.74) is 7.55. The monoisotopic (exact) mass is 324 g/mol. The molecule has 1 aliphatic rings. The van der Waals surface area contributed by atoms with Crippen molar-refractivity contribution < 1.29 is 9.84 Å². The molecule has 0 saturated heterocycles. The zero-order chi connectivity index (χ0) is 17.3. The van der Waals surface area contributed by atoms with Gasteiger partial charge in [-0.05, 0) is 72.6 Å². The van der Waals surface area contributed by atoms with Crippen LogP contribution in [0.4, 0.5) is 0 Å². The first-order valence-corrected chi connectivity index (χ1v) is 8.88. The average Bonchev–Trinajstić information content (AvgIpc) is 2.60. The van der Waals surface area contributed by atoms with E-state index in [-0.39, 0.29) is 12.0 Å². The molecule has 0 aromatic heterocycles. The molecule has 0 fully saturated rings. The van der Waals surface area contributed by atoms with E-state index >= 15 is 0 Å². The maximum absolute atomic E-state index is 9.72. The first kappa shape index (κ1) is 17.0. The predicted octanol–water partition coefficient (Wildman–Crippen LogP) is 4.82. The molecule has 2 aromatic carbocycles. The number of fused-ring (bicyclic) bond motifs is 1. The molecule has 1 N–H and O–H groups in total. The molecule has 2 heteroatoms. The van der Waals surface area contributed by atoms with E-state index in [9.17, 15) is 5.11 Å². The smallest absolute Gasteiger partial charge is 0.126 e. The lowest BCUT2D eigenvalue weighted by Crippen LogP contribution is -2.22. The van der Waals surface area contributed by atoms with E-state index in [0.29, 0.717) is 0 Å². The molecular formula is C22H28O2. The summed E-state index contributed by atoms with van der Waals surface area (Å²) in [6.07, 6.45) is 4.96. The van der Waals surface area contributed by atoms with Gasteiger partial charge in [0.2, 0.25) is 0 Å². The van der Waals surface area contributed by atoms with E-state index in [4.69, 9.17) is 4.74 Å². The number of aryl methyl sites for hydroxylation is 3. The summed E-state index contributed by atoms with van der Waals surface area (Å²) in [6, 6.07) is 11.0. The number of hydrogen-bond acceptors (Lipinski definition) is 2. The molecule has 0 unspecified atom stereocenters. The van der Waals surface area contributed by atoms with Crippen LogP contribution < -0.4 is 4.74 Å². The number of aliphatic hydroxyl groups excluding tert-OH is 1. The molecule has 24 heavy (non-hydrogen) atoms. The highest BCUT2D eigenvalue weighted by molar-refractivity contribution is 5.75. The summed E-state index contributed by atoms with van der Waals surface area (Å²) in [4.78, 5) is 0. The van der Waals surface area contributed by atoms with E-state index < -0.39 is 0 Å². The Morgan fingerprint density at radius 3 is 2.29 bits per heavy atom. The Morgan fingerprint density at radius 1 is 1.00 bits per heavy atom. The van der Waals surface area contributed by atoms with Crippen molar-refractivity contribution in [3.63, 3.8) is 0 Å². The third-order valence-electron chi connectivity index (χ3n) is 5.36. The van der Waals surface area contributed by atoms with Crippen molar-refractivity contribution in [2.45, 2.75) is 51.9 Å². The van der Waals surface area contributed by atoms with Crippen LogP contribution in [-0.2, 0) is 18.3 Å². The van der Waals surface area contributed by atoms with Gasteiger partial charge >= 0.3 is 0 Å². The summed E-state index contributed by atoms with van der Waals surface area (Å²) in [5, 5.41) is 9.72. The van der Waals surface area contributed by atoms with Crippen LogP contribution in [-0.4, -0.2) is 18.8 Å². The largest absolute Gasteiger partial charge is 0.496 e. The van der Waals surface area contributed by atoms with Crippen molar-refractivity contribution in [2.24, 2.45) is 0 Å². The van der Waals surface area contributed by atoms with E-state index in [1.807, 2.05) is 6.07 Å². The van der Waals surface area contributed by atoms with Gasteiger partial charge in [-0.15, -0.1) is 0 Å². The summed E-state index contributed by atoms with van der Waals surface area (Å²) in [7, 11) is 1.73. The SMILES string of the molecule is COc1ccc(C(C)(C)CO)cc1-c1cc2c(cc1C)CCCC2. The van der Waals surface area contributed by atoms with Crippen LogP contribution in [0.5, 0.6) is 5.75 Å². The Labute approximate surface area is 145 Å². The molecule has 0 spiro atoms. The van der Waals surface area contributed by atoms with Crippen LogP contribution in [0.1, 0.15) is 48.9 Å². The molecule has 0 bridgehead atoms. The zero-order valence-corrected chi connectivity index (χ0v) is 15.3. The summed E-state index contributed by atoms with van der Waals surface area (Å²) in [5.74, 6) is 0.895. The van der Waals surface area contributed by atoms with E-state index in [1.54, 1.807) is 7.11 Å². The maximum Gasteiger partial charge on any atom is 0.126 e. The van der Waals surface area contributed by atoms with Gasteiger partial charge in [-0.3, -0.25) is 0 Å². The van der Waals surface area contributed by atoms with Gasteiger partial charge in [-0.1, -0.05) is 32.0 Å². The van der Waals surface area contributed by atoms with Crippen LogP contribution in [0.2, 0.25) is 0 Å². The molecule has 0 atom stereocenters. The topological polar surface area (TPSA) is 29.5 Å². The Morgan fingerprint density at radius 2 is 1.67 bits per heavy atom. The second-order valence-corrected chi connectivity index (χ2v) is 7.60. The molecule has 2 nitrogen and oxygen atoms in total. The van der Waals surface area contributed by atoms with Gasteiger partial charge in [0.05, 0.1) is 13.7 Å². The van der Waals surface area contributed by atoms with Crippen molar-refractivity contribution in [1.29, 1.82) is 0 Å². The van der Waals surface area contributed by atoms with Crippen LogP contribution in [0.25, 0.3) is 11.1 Å². The van der Waals surface area contributed by atoms with Crippen LogP contribution >= 0.6 is 0 Å². The van der Waals surface area contributed by atoms with E-state index in [2.05, 4.69) is 45.0 Å². The molecule has 1 aliphatic carbocycles. The van der Waals surface area contributed by atoms with Crippen molar-refractivity contribution in [2.75, 3.05) is 13.7 Å². The summed E-state index contributed by atoms with van der Waals surface area (Å²) in [6.45, 7) is 6.45. The summed E-state index contributed by atoms with van der Waals surface area (Å²) < 4.78 is 5.64. The number of hydrogen-bond donors (Lipinski definition) is 1. The molecule has 0 heterocycles. The lowest BCUT2D eigenvalue weighted by molar-refractivity contribution is 0.218. The van der Waals surface area contributed by atoms with Crippen molar-refractivity contribution in [3.8, 4) is 16.9 Å². The number of ether oxygens (including phenoxy) is 1. The first-order valence-electron chi connectivity index (χ1n) is 8.88. The Hall–Kier alpha value is -1.80. The molecule has 0 aliphatic heterocycles. The van der Waals surface area contributed by atoms with Gasteiger partial charge in [0.15, 0.2) is 0 Å². The van der Waals surface area contributed by atoms with Gasteiger partial charge in [-0.25, -0.2) is 0 Å². The fourth-order valence-corrected chi connectivity index (χ4v) is 3.63. The van der Waals surface area contributed by atoms with Gasteiger partial charge in [0.1, 0.15) is 5.75 Å². The highest BCUT2D eigenvalue weighted by atomic mass is 16.5. The molecule has 0 amide bonds. The van der Waals surface area contributed by atoms with Crippen LogP contribution in [0.15, 0.2) is 30.3 Å². The highest BCUT2D eigenvalue weighted by Gasteiger charge is 2.22. The third kappa shape index (κ3) is 3.08. The molecule has 0 radical (unpaired) electrons. The number of methoxy groups -OCH3 is 1. The standard InChI is InChI=1S/C22H28O2/c1-15-11-16-7-5-6-8-17(16)12-19(15)20-13-18(22(2,3)14-23)9-10-21(20)24-4/h9-13,23H,5-8,14H2,1-4H3. The maximum atomic E-state index is 9.72. The Balaban J connectivity index is 2.16. The molecular weight excluding hydrogens is 296 g/mol. The molecule has 128 valence electrons. The Kier molecular flexibility index (Phi) is 4.69. The predicted molar refractivity (Wildman–Crippen MR) is 99.9 cm³/mol. The van der Waals surface area contributed by atoms with Gasteiger partial charge in [0, 0.05) is 11.0 Å². The number of rotatable bonds is 4. The normalized spacial score (nSPS) is 14.4. The molecule has 0 saturated carbocycles. The lowest BCUT2D eigenvalue weighted by Gasteiger charge is -2.25. The minimum absolute atomic E-state index is 0.127. The zero-order valence-electron chi connectivity index (χ0n) is 15.3. The minimum atomic E-state index is -0.261. The minimum Gasteiger partial charge on any atom is -0.496 e. The van der Waals surface area contributed by atoms with Crippen LogP contribution in [0, 0.1) is 6.92 Å². The molecule has 2 aromatic rings. The second kappa shape index (κ2) is 6.60. The van der Waals surface area contributed by atoms with Gasteiger partial charge < -0.3 is 9.84 Å². The first-order chi connectivity index (χ1) is 11.5. The van der Waals surface area contributed by atoms with Gasteiger partial charge in [0.25, 0.3) is 0 Å². The fraction of sp³-hybridized carbons (Fsp3) is 0.455. The van der Waals surface area contributed by atoms with E-state index in [1.165, 1.54) is 47.9 Å². The highest BCUT2D eigenvalue weighted by Crippen LogP contribution is 2.38.